The lowest BCUT2D eigenvalue weighted by Gasteiger charge is -2.24. The first-order valence-corrected chi connectivity index (χ1v) is 8.47. The summed E-state index contributed by atoms with van der Waals surface area (Å²) in [6.07, 6.45) is 5.74. The fraction of sp³-hybridized carbons (Fsp3) is 0.526. The Labute approximate surface area is 137 Å². The molecule has 0 saturated carbocycles. The Morgan fingerprint density at radius 3 is 2.96 bits per heavy atom. The third-order valence-electron chi connectivity index (χ3n) is 3.98. The fourth-order valence-electron chi connectivity index (χ4n) is 2.81. The maximum atomic E-state index is 6.13. The molecule has 1 aliphatic heterocycles. The van der Waals surface area contributed by atoms with Crippen molar-refractivity contribution >= 4 is 10.9 Å². The van der Waals surface area contributed by atoms with Gasteiger partial charge in [-0.2, -0.15) is 5.10 Å². The summed E-state index contributed by atoms with van der Waals surface area (Å²) in [5.74, 6) is 7.15. The first kappa shape index (κ1) is 15.9. The summed E-state index contributed by atoms with van der Waals surface area (Å²) < 4.78 is 13.9. The Balaban J connectivity index is 2.01. The van der Waals surface area contributed by atoms with E-state index in [-0.39, 0.29) is 6.29 Å². The molecule has 0 spiro atoms. The van der Waals surface area contributed by atoms with Crippen molar-refractivity contribution in [2.24, 2.45) is 0 Å². The maximum Gasteiger partial charge on any atom is 0.199 e. The lowest BCUT2D eigenvalue weighted by molar-refractivity contribution is -0.105. The molecule has 0 aliphatic carbocycles. The van der Waals surface area contributed by atoms with Crippen LogP contribution >= 0.6 is 0 Å². The zero-order valence-electron chi connectivity index (χ0n) is 14.1. The minimum absolute atomic E-state index is 0.168. The van der Waals surface area contributed by atoms with E-state index < -0.39 is 0 Å². The van der Waals surface area contributed by atoms with Crippen molar-refractivity contribution in [3.63, 3.8) is 0 Å². The second-order valence-electron chi connectivity index (χ2n) is 6.16. The third-order valence-corrected chi connectivity index (χ3v) is 3.98. The van der Waals surface area contributed by atoms with Crippen LogP contribution in [0.25, 0.3) is 10.9 Å². The molecule has 0 amide bonds. The van der Waals surface area contributed by atoms with Crippen molar-refractivity contribution in [2.75, 3.05) is 6.61 Å². The number of hydrogen-bond donors (Lipinski definition) is 0. The van der Waals surface area contributed by atoms with Crippen molar-refractivity contribution in [3.8, 4) is 17.6 Å². The molecule has 0 bridgehead atoms. The molecule has 1 saturated heterocycles. The molecule has 1 aliphatic rings. The summed E-state index contributed by atoms with van der Waals surface area (Å²) in [7, 11) is 0. The minimum atomic E-state index is -0.168. The van der Waals surface area contributed by atoms with Crippen LogP contribution in [0.1, 0.15) is 58.1 Å². The summed E-state index contributed by atoms with van der Waals surface area (Å²) in [5, 5.41) is 5.58. The van der Waals surface area contributed by atoms with Gasteiger partial charge in [0.05, 0.1) is 23.9 Å². The number of hydrogen-bond acceptors (Lipinski definition) is 3. The highest BCUT2D eigenvalue weighted by Gasteiger charge is 2.18. The normalized spacial score (nSPS) is 18.0. The van der Waals surface area contributed by atoms with Gasteiger partial charge >= 0.3 is 0 Å². The number of benzene rings is 1. The van der Waals surface area contributed by atoms with Crippen molar-refractivity contribution < 1.29 is 9.47 Å². The fourth-order valence-corrected chi connectivity index (χ4v) is 2.81. The monoisotopic (exact) mass is 312 g/mol. The average Bonchev–Trinajstić information content (AvgIpc) is 2.96. The zero-order valence-corrected chi connectivity index (χ0v) is 14.1. The SMILES string of the molecule is CCC#Cc1cc2cnn(C(C)C)c2cc1OC1CCCCO1. The predicted octanol–water partition coefficient (Wildman–Crippen LogP) is 4.28. The molecule has 2 heterocycles. The van der Waals surface area contributed by atoms with Gasteiger partial charge in [0.15, 0.2) is 6.29 Å². The summed E-state index contributed by atoms with van der Waals surface area (Å²) >= 11 is 0. The van der Waals surface area contributed by atoms with E-state index >= 15 is 0 Å². The van der Waals surface area contributed by atoms with Crippen LogP contribution in [0.15, 0.2) is 18.3 Å². The predicted molar refractivity (Wildman–Crippen MR) is 91.5 cm³/mol. The Morgan fingerprint density at radius 1 is 1.39 bits per heavy atom. The van der Waals surface area contributed by atoms with E-state index in [2.05, 4.69) is 42.9 Å². The molecule has 2 aromatic rings. The summed E-state index contributed by atoms with van der Waals surface area (Å²) in [6.45, 7) is 7.07. The van der Waals surface area contributed by atoms with Crippen LogP contribution in [0.2, 0.25) is 0 Å². The second-order valence-corrected chi connectivity index (χ2v) is 6.16. The molecule has 0 radical (unpaired) electrons. The quantitative estimate of drug-likeness (QED) is 0.794. The van der Waals surface area contributed by atoms with Crippen molar-refractivity contribution in [1.29, 1.82) is 0 Å². The Morgan fingerprint density at radius 2 is 2.26 bits per heavy atom. The summed E-state index contributed by atoms with van der Waals surface area (Å²) in [5.41, 5.74) is 1.99. The van der Waals surface area contributed by atoms with Crippen LogP contribution in [-0.4, -0.2) is 22.7 Å². The Hall–Kier alpha value is -1.99. The van der Waals surface area contributed by atoms with Gasteiger partial charge in [0.2, 0.25) is 0 Å². The van der Waals surface area contributed by atoms with E-state index in [1.807, 2.05) is 17.8 Å². The lowest BCUT2D eigenvalue weighted by atomic mass is 10.1. The molecule has 1 unspecified atom stereocenters. The molecular weight excluding hydrogens is 288 g/mol. The standard InChI is InChI=1S/C19H24N2O2/c1-4-5-8-15-11-16-13-20-21(14(2)3)17(16)12-18(15)23-19-9-6-7-10-22-19/h11-14,19H,4,6-7,9-10H2,1-3H3. The van der Waals surface area contributed by atoms with E-state index in [1.54, 1.807) is 0 Å². The maximum absolute atomic E-state index is 6.13. The van der Waals surface area contributed by atoms with Crippen LogP contribution in [0.4, 0.5) is 0 Å². The van der Waals surface area contributed by atoms with Crippen molar-refractivity contribution in [2.45, 2.75) is 58.8 Å². The first-order valence-electron chi connectivity index (χ1n) is 8.47. The summed E-state index contributed by atoms with van der Waals surface area (Å²) in [4.78, 5) is 0. The van der Waals surface area contributed by atoms with Gasteiger partial charge in [-0.25, -0.2) is 0 Å². The lowest BCUT2D eigenvalue weighted by Crippen LogP contribution is -2.25. The Kier molecular flexibility index (Phi) is 4.88. The molecule has 1 fully saturated rings. The molecule has 4 nitrogen and oxygen atoms in total. The van der Waals surface area contributed by atoms with E-state index in [1.165, 1.54) is 0 Å². The van der Waals surface area contributed by atoms with Crippen LogP contribution in [0.3, 0.4) is 0 Å². The highest BCUT2D eigenvalue weighted by atomic mass is 16.7. The van der Waals surface area contributed by atoms with Crippen molar-refractivity contribution in [3.05, 3.63) is 23.9 Å². The van der Waals surface area contributed by atoms with E-state index in [0.29, 0.717) is 6.04 Å². The molecule has 1 aromatic carbocycles. The van der Waals surface area contributed by atoms with Gasteiger partial charge in [-0.15, -0.1) is 0 Å². The topological polar surface area (TPSA) is 36.3 Å². The number of fused-ring (bicyclic) bond motifs is 1. The summed E-state index contributed by atoms with van der Waals surface area (Å²) in [6, 6.07) is 4.43. The van der Waals surface area contributed by atoms with Gasteiger partial charge in [-0.3, -0.25) is 4.68 Å². The molecule has 3 rings (SSSR count). The Bertz CT molecular complexity index is 731. The van der Waals surface area contributed by atoms with Gasteiger partial charge in [0, 0.05) is 30.3 Å². The zero-order chi connectivity index (χ0) is 16.2. The minimum Gasteiger partial charge on any atom is -0.464 e. The van der Waals surface area contributed by atoms with E-state index in [9.17, 15) is 0 Å². The number of aromatic nitrogens is 2. The highest BCUT2D eigenvalue weighted by Crippen LogP contribution is 2.29. The number of ether oxygens (including phenoxy) is 2. The number of nitrogens with zero attached hydrogens (tertiary/aromatic N) is 2. The van der Waals surface area contributed by atoms with Gasteiger partial charge in [-0.05, 0) is 32.8 Å². The average molecular weight is 312 g/mol. The highest BCUT2D eigenvalue weighted by molar-refractivity contribution is 5.83. The van der Waals surface area contributed by atoms with Gasteiger partial charge < -0.3 is 9.47 Å². The molecule has 1 atom stereocenters. The first-order chi connectivity index (χ1) is 11.2. The van der Waals surface area contributed by atoms with Crippen LogP contribution in [-0.2, 0) is 4.74 Å². The number of rotatable bonds is 3. The molecule has 23 heavy (non-hydrogen) atoms. The molecule has 1 aromatic heterocycles. The third kappa shape index (κ3) is 3.51. The van der Waals surface area contributed by atoms with Crippen LogP contribution in [0.5, 0.6) is 5.75 Å². The van der Waals surface area contributed by atoms with Gasteiger partial charge in [0.25, 0.3) is 0 Å². The molecule has 122 valence electrons. The van der Waals surface area contributed by atoms with Crippen LogP contribution < -0.4 is 4.74 Å². The molecule has 4 heteroatoms. The smallest absolute Gasteiger partial charge is 0.199 e. The van der Waals surface area contributed by atoms with E-state index in [0.717, 1.165) is 54.5 Å². The van der Waals surface area contributed by atoms with Crippen molar-refractivity contribution in [1.82, 2.24) is 9.78 Å². The van der Waals surface area contributed by atoms with Gasteiger partial charge in [0.1, 0.15) is 5.75 Å². The molecule has 0 N–H and O–H groups in total. The molecular formula is C19H24N2O2. The van der Waals surface area contributed by atoms with E-state index in [4.69, 9.17) is 9.47 Å². The van der Waals surface area contributed by atoms with Gasteiger partial charge in [-0.1, -0.05) is 18.8 Å². The van der Waals surface area contributed by atoms with Crippen LogP contribution in [0, 0.1) is 11.8 Å². The largest absolute Gasteiger partial charge is 0.464 e. The second kappa shape index (κ2) is 7.06.